The van der Waals surface area contributed by atoms with Crippen molar-refractivity contribution in [3.63, 3.8) is 0 Å². The molecule has 1 atom stereocenters. The van der Waals surface area contributed by atoms with Crippen LogP contribution in [0.25, 0.3) is 0 Å². The van der Waals surface area contributed by atoms with Gasteiger partial charge < -0.3 is 9.84 Å². The van der Waals surface area contributed by atoms with Crippen molar-refractivity contribution in [2.45, 2.75) is 50.6 Å². The molecule has 4 rings (SSSR count). The van der Waals surface area contributed by atoms with Crippen LogP contribution in [0.1, 0.15) is 55.4 Å². The van der Waals surface area contributed by atoms with E-state index in [1.54, 1.807) is 6.92 Å². The van der Waals surface area contributed by atoms with Gasteiger partial charge in [-0.3, -0.25) is 9.69 Å². The molecule has 1 aromatic carbocycles. The Labute approximate surface area is 147 Å². The highest BCUT2D eigenvalue weighted by molar-refractivity contribution is 5.79. The second-order valence-corrected chi connectivity index (χ2v) is 7.15. The zero-order valence-corrected chi connectivity index (χ0v) is 14.6. The van der Waals surface area contributed by atoms with Crippen LogP contribution in [0.4, 0.5) is 0 Å². The summed E-state index contributed by atoms with van der Waals surface area (Å²) in [7, 11) is 0. The topological polar surface area (TPSA) is 71.3 Å². The number of benzene rings is 1. The van der Waals surface area contributed by atoms with Crippen molar-refractivity contribution >= 4 is 5.91 Å². The molecule has 6 nitrogen and oxygen atoms in total. The number of carbonyl (C=O) groups is 1. The van der Waals surface area contributed by atoms with Crippen LogP contribution in [0.5, 0.6) is 0 Å². The number of nitrogens with zero attached hydrogens (tertiary/aromatic N) is 3. The highest BCUT2D eigenvalue weighted by Crippen LogP contribution is 2.41. The average Bonchev–Trinajstić information content (AvgIpc) is 3.20. The minimum atomic E-state index is -0.184. The number of rotatable bonds is 5. The van der Waals surface area contributed by atoms with Crippen LogP contribution in [0, 0.1) is 6.92 Å². The first kappa shape index (κ1) is 16.3. The van der Waals surface area contributed by atoms with E-state index in [-0.39, 0.29) is 17.5 Å². The molecule has 1 aliphatic heterocycles. The van der Waals surface area contributed by atoms with Gasteiger partial charge in [-0.1, -0.05) is 35.5 Å². The summed E-state index contributed by atoms with van der Waals surface area (Å²) in [5, 5.41) is 7.35. The molecule has 0 bridgehead atoms. The molecule has 1 aromatic heterocycles. The zero-order valence-electron chi connectivity index (χ0n) is 14.6. The molecule has 2 aromatic rings. The molecule has 132 valence electrons. The first-order valence-corrected chi connectivity index (χ1v) is 9.07. The summed E-state index contributed by atoms with van der Waals surface area (Å²) in [5.74, 6) is 1.35. The van der Waals surface area contributed by atoms with Crippen molar-refractivity contribution in [1.82, 2.24) is 20.4 Å². The monoisotopic (exact) mass is 340 g/mol. The maximum absolute atomic E-state index is 12.7. The lowest BCUT2D eigenvalue weighted by atomic mass is 9.72. The van der Waals surface area contributed by atoms with E-state index in [1.165, 1.54) is 5.56 Å². The Hall–Kier alpha value is -2.21. The third-order valence-corrected chi connectivity index (χ3v) is 5.46. The number of amides is 1. The fourth-order valence-electron chi connectivity index (χ4n) is 4.02. The van der Waals surface area contributed by atoms with Gasteiger partial charge in [0, 0.05) is 6.92 Å². The van der Waals surface area contributed by atoms with Crippen LogP contribution in [-0.4, -0.2) is 34.0 Å². The molecule has 1 saturated carbocycles. The lowest BCUT2D eigenvalue weighted by Crippen LogP contribution is -2.53. The number of likely N-dealkylation sites (tertiary alicyclic amines) is 1. The third kappa shape index (κ3) is 3.18. The maximum Gasteiger partial charge on any atom is 0.234 e. The van der Waals surface area contributed by atoms with E-state index in [0.717, 1.165) is 38.6 Å². The largest absolute Gasteiger partial charge is 0.345 e. The summed E-state index contributed by atoms with van der Waals surface area (Å²) in [6.07, 6.45) is 5.20. The van der Waals surface area contributed by atoms with E-state index in [9.17, 15) is 4.79 Å². The van der Waals surface area contributed by atoms with Crippen molar-refractivity contribution in [2.75, 3.05) is 13.1 Å². The minimum Gasteiger partial charge on any atom is -0.345 e. The minimum absolute atomic E-state index is 0.0793. The lowest BCUT2D eigenvalue weighted by Gasteiger charge is -2.43. The first-order chi connectivity index (χ1) is 12.2. The van der Waals surface area contributed by atoms with Gasteiger partial charge in [-0.2, -0.15) is 4.98 Å². The number of nitrogens with one attached hydrogen (secondary N) is 1. The summed E-state index contributed by atoms with van der Waals surface area (Å²) in [6.45, 7) is 3.07. The van der Waals surface area contributed by atoms with Crippen molar-refractivity contribution in [3.8, 4) is 0 Å². The molecule has 1 N–H and O–H groups in total. The molecule has 6 heteroatoms. The average molecular weight is 340 g/mol. The van der Waals surface area contributed by atoms with E-state index in [0.29, 0.717) is 18.3 Å². The Balaban J connectivity index is 1.43. The van der Waals surface area contributed by atoms with E-state index < -0.39 is 0 Å². The van der Waals surface area contributed by atoms with Gasteiger partial charge in [0.2, 0.25) is 11.8 Å². The number of aryl methyl sites for hydroxylation is 1. The molecule has 25 heavy (non-hydrogen) atoms. The molecule has 1 amide bonds. The standard InChI is InChI=1S/C19H24N4O2/c1-14-20-18(22-25-14)16-9-5-12-23(16)13-17(24)21-19(10-6-11-19)15-7-3-2-4-8-15/h2-4,7-8,16H,5-6,9-13H2,1H3,(H,21,24). The number of carbonyl (C=O) groups excluding carboxylic acids is 1. The van der Waals surface area contributed by atoms with E-state index in [2.05, 4.69) is 32.5 Å². The summed E-state index contributed by atoms with van der Waals surface area (Å²) in [4.78, 5) is 19.3. The third-order valence-electron chi connectivity index (χ3n) is 5.46. The van der Waals surface area contributed by atoms with Crippen LogP contribution in [0.15, 0.2) is 34.9 Å². The molecule has 1 saturated heterocycles. The van der Waals surface area contributed by atoms with Crippen LogP contribution in [0.2, 0.25) is 0 Å². The maximum atomic E-state index is 12.7. The highest BCUT2D eigenvalue weighted by Gasteiger charge is 2.40. The lowest BCUT2D eigenvalue weighted by molar-refractivity contribution is -0.125. The summed E-state index contributed by atoms with van der Waals surface area (Å²) >= 11 is 0. The van der Waals surface area contributed by atoms with Crippen molar-refractivity contribution in [3.05, 3.63) is 47.6 Å². The molecule has 0 radical (unpaired) electrons. The van der Waals surface area contributed by atoms with Gasteiger partial charge >= 0.3 is 0 Å². The zero-order chi connectivity index (χ0) is 17.3. The van der Waals surface area contributed by atoms with Gasteiger partial charge in [-0.05, 0) is 44.2 Å². The van der Waals surface area contributed by atoms with Gasteiger partial charge in [0.1, 0.15) is 0 Å². The van der Waals surface area contributed by atoms with Crippen molar-refractivity contribution < 1.29 is 9.32 Å². The second kappa shape index (κ2) is 6.59. The molecular formula is C19H24N4O2. The fraction of sp³-hybridized carbons (Fsp3) is 0.526. The van der Waals surface area contributed by atoms with Gasteiger partial charge in [0.15, 0.2) is 5.82 Å². The van der Waals surface area contributed by atoms with Gasteiger partial charge in [0.25, 0.3) is 0 Å². The van der Waals surface area contributed by atoms with Crippen molar-refractivity contribution in [2.24, 2.45) is 0 Å². The summed E-state index contributed by atoms with van der Waals surface area (Å²) < 4.78 is 5.11. The van der Waals surface area contributed by atoms with E-state index in [1.807, 2.05) is 18.2 Å². The summed E-state index contributed by atoms with van der Waals surface area (Å²) in [6, 6.07) is 10.4. The number of aromatic nitrogens is 2. The van der Waals surface area contributed by atoms with Gasteiger partial charge in [0.05, 0.1) is 18.1 Å². The van der Waals surface area contributed by atoms with E-state index >= 15 is 0 Å². The predicted octanol–water partition coefficient (Wildman–Crippen LogP) is 2.71. The quantitative estimate of drug-likeness (QED) is 0.906. The van der Waals surface area contributed by atoms with Crippen LogP contribution < -0.4 is 5.32 Å². The van der Waals surface area contributed by atoms with Gasteiger partial charge in [-0.15, -0.1) is 0 Å². The van der Waals surface area contributed by atoms with Crippen LogP contribution >= 0.6 is 0 Å². The molecule has 0 spiro atoms. The predicted molar refractivity (Wildman–Crippen MR) is 92.7 cm³/mol. The Kier molecular flexibility index (Phi) is 4.29. The molecule has 1 aliphatic carbocycles. The Morgan fingerprint density at radius 3 is 2.76 bits per heavy atom. The normalized spacial score (nSPS) is 22.5. The first-order valence-electron chi connectivity index (χ1n) is 9.07. The smallest absolute Gasteiger partial charge is 0.234 e. The van der Waals surface area contributed by atoms with Crippen molar-refractivity contribution in [1.29, 1.82) is 0 Å². The van der Waals surface area contributed by atoms with Crippen LogP contribution in [0.3, 0.4) is 0 Å². The van der Waals surface area contributed by atoms with Crippen LogP contribution in [-0.2, 0) is 10.3 Å². The number of hydrogen-bond acceptors (Lipinski definition) is 5. The molecule has 2 aliphatic rings. The number of hydrogen-bond donors (Lipinski definition) is 1. The van der Waals surface area contributed by atoms with E-state index in [4.69, 9.17) is 4.52 Å². The Bertz CT molecular complexity index is 739. The molecule has 1 unspecified atom stereocenters. The second-order valence-electron chi connectivity index (χ2n) is 7.15. The molecule has 2 fully saturated rings. The highest BCUT2D eigenvalue weighted by atomic mass is 16.5. The molecular weight excluding hydrogens is 316 g/mol. The van der Waals surface area contributed by atoms with Gasteiger partial charge in [-0.25, -0.2) is 0 Å². The Morgan fingerprint density at radius 2 is 2.12 bits per heavy atom. The SMILES string of the molecule is Cc1nc(C2CCCN2CC(=O)NC2(c3ccccc3)CCC2)no1. The molecule has 2 heterocycles. The fourth-order valence-corrected chi connectivity index (χ4v) is 4.02. The summed E-state index contributed by atoms with van der Waals surface area (Å²) in [5.41, 5.74) is 1.03. The Morgan fingerprint density at radius 1 is 1.32 bits per heavy atom.